The van der Waals surface area contributed by atoms with Crippen LogP contribution >= 0.6 is 11.3 Å². The molecule has 2 aliphatic rings. The number of carbonyl (C=O) groups is 1. The first-order chi connectivity index (χ1) is 16.8. The average molecular weight is 497 g/mol. The van der Waals surface area contributed by atoms with E-state index in [1.54, 1.807) is 12.4 Å². The van der Waals surface area contributed by atoms with Gasteiger partial charge < -0.3 is 25.4 Å². The lowest BCUT2D eigenvalue weighted by atomic mass is 9.82. The maximum absolute atomic E-state index is 12.9. The molecule has 35 heavy (non-hydrogen) atoms. The molecule has 3 aromatic heterocycles. The molecule has 5 heterocycles. The smallest absolute Gasteiger partial charge is 0.410 e. The van der Waals surface area contributed by atoms with Crippen LogP contribution in [0.2, 0.25) is 0 Å². The van der Waals surface area contributed by atoms with Crippen molar-refractivity contribution < 1.29 is 14.6 Å². The number of hydrogen-bond acceptors (Lipinski definition) is 9. The summed E-state index contributed by atoms with van der Waals surface area (Å²) < 4.78 is 5.72. The van der Waals surface area contributed by atoms with Gasteiger partial charge in [-0.3, -0.25) is 4.98 Å². The summed E-state index contributed by atoms with van der Waals surface area (Å²) in [6, 6.07) is 6.35. The molecule has 2 saturated heterocycles. The zero-order valence-electron chi connectivity index (χ0n) is 20.3. The summed E-state index contributed by atoms with van der Waals surface area (Å²) in [5.74, 6) is 1.41. The van der Waals surface area contributed by atoms with Crippen LogP contribution in [0.15, 0.2) is 30.6 Å². The average Bonchev–Trinajstić information content (AvgIpc) is 3.25. The molecule has 0 spiro atoms. The van der Waals surface area contributed by atoms with Crippen molar-refractivity contribution in [1.82, 2.24) is 19.9 Å². The van der Waals surface area contributed by atoms with Crippen molar-refractivity contribution >= 4 is 45.1 Å². The molecule has 5 rings (SSSR count). The molecule has 186 valence electrons. The molecule has 9 nitrogen and oxygen atoms in total. The first-order valence-electron chi connectivity index (χ1n) is 12.2. The first-order valence-corrected chi connectivity index (χ1v) is 13.0. The highest BCUT2D eigenvalue weighted by Crippen LogP contribution is 2.37. The summed E-state index contributed by atoms with van der Waals surface area (Å²) >= 11 is 1.39. The van der Waals surface area contributed by atoms with E-state index in [1.807, 2.05) is 43.9 Å². The monoisotopic (exact) mass is 496 g/mol. The maximum atomic E-state index is 12.9. The summed E-state index contributed by atoms with van der Waals surface area (Å²) in [5.41, 5.74) is 0.330. The largest absolute Gasteiger partial charge is 0.444 e. The minimum atomic E-state index is -0.501. The standard InChI is InChI=1S/C25H32N6O3S/c1-25(2,3)34-24(33)31-16-6-4-7-17(31)11-15(10-16)28-22-19-8-5-9-26-20(19)12-21(29-22)30-23-27-13-18(14-32)35-23/h5,8-9,12-13,15-17,32H,4,6-7,10-11,14H2,1-3H3,(H2,27,28,29,30). The zero-order chi connectivity index (χ0) is 24.6. The highest BCUT2D eigenvalue weighted by Gasteiger charge is 2.42. The molecule has 2 unspecified atom stereocenters. The maximum Gasteiger partial charge on any atom is 0.410 e. The van der Waals surface area contributed by atoms with Crippen LogP contribution in [0.1, 0.15) is 57.8 Å². The zero-order valence-corrected chi connectivity index (χ0v) is 21.1. The number of rotatable bonds is 5. The van der Waals surface area contributed by atoms with E-state index in [1.165, 1.54) is 11.3 Å². The van der Waals surface area contributed by atoms with E-state index < -0.39 is 5.60 Å². The fourth-order valence-corrected chi connectivity index (χ4v) is 5.78. The molecule has 0 aromatic carbocycles. The SMILES string of the molecule is CC(C)(C)OC(=O)N1C2CCCC1CC(Nc1nc(Nc3ncc(CO)s3)cc3ncccc13)C2. The van der Waals surface area contributed by atoms with Crippen molar-refractivity contribution in [3.8, 4) is 0 Å². The Hall–Kier alpha value is -2.98. The number of carbonyl (C=O) groups excluding carboxylic acids is 1. The molecule has 0 aliphatic carbocycles. The Morgan fingerprint density at radius 2 is 2.03 bits per heavy atom. The number of aromatic nitrogens is 3. The lowest BCUT2D eigenvalue weighted by Crippen LogP contribution is -2.58. The number of aliphatic hydroxyl groups excluding tert-OH is 1. The second kappa shape index (κ2) is 9.58. The van der Waals surface area contributed by atoms with Gasteiger partial charge >= 0.3 is 6.09 Å². The van der Waals surface area contributed by atoms with Gasteiger partial charge in [0.25, 0.3) is 0 Å². The Balaban J connectivity index is 1.37. The number of pyridine rings is 2. The van der Waals surface area contributed by atoms with Crippen molar-refractivity contribution in [2.24, 2.45) is 0 Å². The number of nitrogens with one attached hydrogen (secondary N) is 2. The van der Waals surface area contributed by atoms with Crippen molar-refractivity contribution in [3.05, 3.63) is 35.5 Å². The minimum absolute atomic E-state index is 0.0385. The number of aliphatic hydroxyl groups is 1. The summed E-state index contributed by atoms with van der Waals surface area (Å²) in [6.07, 6.45) is 8.04. The number of hydrogen-bond donors (Lipinski definition) is 3. The van der Waals surface area contributed by atoms with Crippen LogP contribution in [0.3, 0.4) is 0 Å². The van der Waals surface area contributed by atoms with Crippen molar-refractivity contribution in [3.63, 3.8) is 0 Å². The fourth-order valence-electron chi connectivity index (χ4n) is 5.10. The predicted molar refractivity (Wildman–Crippen MR) is 137 cm³/mol. The van der Waals surface area contributed by atoms with Crippen LogP contribution in [0.5, 0.6) is 0 Å². The van der Waals surface area contributed by atoms with Crippen LogP contribution in [0.25, 0.3) is 10.9 Å². The van der Waals surface area contributed by atoms with Gasteiger partial charge in [0.1, 0.15) is 17.2 Å². The molecule has 2 aliphatic heterocycles. The van der Waals surface area contributed by atoms with E-state index in [-0.39, 0.29) is 30.8 Å². The van der Waals surface area contributed by atoms with Crippen LogP contribution in [-0.4, -0.2) is 54.8 Å². The molecule has 2 bridgehead atoms. The summed E-state index contributed by atoms with van der Waals surface area (Å²) in [5, 5.41) is 17.9. The van der Waals surface area contributed by atoms with E-state index in [2.05, 4.69) is 20.6 Å². The highest BCUT2D eigenvalue weighted by molar-refractivity contribution is 7.15. The number of thiazole rings is 1. The molecule has 1 amide bonds. The molecular formula is C25H32N6O3S. The molecule has 2 fully saturated rings. The second-order valence-corrected chi connectivity index (χ2v) is 11.4. The minimum Gasteiger partial charge on any atom is -0.444 e. The summed E-state index contributed by atoms with van der Waals surface area (Å²) in [4.78, 5) is 29.4. The number of anilines is 3. The molecular weight excluding hydrogens is 464 g/mol. The van der Waals surface area contributed by atoms with Gasteiger partial charge in [-0.2, -0.15) is 0 Å². The van der Waals surface area contributed by atoms with Gasteiger partial charge in [0.2, 0.25) is 0 Å². The molecule has 2 atom stereocenters. The molecule has 0 radical (unpaired) electrons. The molecule has 0 saturated carbocycles. The Bertz CT molecular complexity index is 1200. The Morgan fingerprint density at radius 3 is 2.71 bits per heavy atom. The van der Waals surface area contributed by atoms with E-state index in [9.17, 15) is 9.90 Å². The van der Waals surface area contributed by atoms with Gasteiger partial charge in [-0.15, -0.1) is 0 Å². The van der Waals surface area contributed by atoms with Gasteiger partial charge in [-0.05, 0) is 65.0 Å². The van der Waals surface area contributed by atoms with Gasteiger partial charge in [-0.25, -0.2) is 14.8 Å². The third-order valence-corrected chi connectivity index (χ3v) is 7.36. The van der Waals surface area contributed by atoms with Gasteiger partial charge in [0.15, 0.2) is 5.13 Å². The highest BCUT2D eigenvalue weighted by atomic mass is 32.1. The predicted octanol–water partition coefficient (Wildman–Crippen LogP) is 5.05. The van der Waals surface area contributed by atoms with Gasteiger partial charge in [0, 0.05) is 42.0 Å². The van der Waals surface area contributed by atoms with Crippen molar-refractivity contribution in [2.75, 3.05) is 10.6 Å². The Kier molecular flexibility index (Phi) is 6.50. The van der Waals surface area contributed by atoms with E-state index in [4.69, 9.17) is 9.72 Å². The number of nitrogens with zero attached hydrogens (tertiary/aromatic N) is 4. The normalized spacial score (nSPS) is 22.2. The van der Waals surface area contributed by atoms with E-state index >= 15 is 0 Å². The summed E-state index contributed by atoms with van der Waals surface area (Å²) in [6.45, 7) is 5.70. The van der Waals surface area contributed by atoms with Crippen LogP contribution in [-0.2, 0) is 11.3 Å². The third kappa shape index (κ3) is 5.33. The number of piperidine rings is 2. The first kappa shape index (κ1) is 23.7. The van der Waals surface area contributed by atoms with E-state index in [0.717, 1.165) is 53.7 Å². The second-order valence-electron chi connectivity index (χ2n) is 10.3. The van der Waals surface area contributed by atoms with Crippen molar-refractivity contribution in [1.29, 1.82) is 0 Å². The quantitative estimate of drug-likeness (QED) is 0.450. The van der Waals surface area contributed by atoms with Gasteiger partial charge in [-0.1, -0.05) is 11.3 Å². The third-order valence-electron chi connectivity index (χ3n) is 6.46. The van der Waals surface area contributed by atoms with Crippen LogP contribution in [0.4, 0.5) is 21.6 Å². The molecule has 3 aromatic rings. The molecule has 10 heteroatoms. The lowest BCUT2D eigenvalue weighted by molar-refractivity contribution is -0.0199. The Morgan fingerprint density at radius 1 is 1.26 bits per heavy atom. The topological polar surface area (TPSA) is 112 Å². The summed E-state index contributed by atoms with van der Waals surface area (Å²) in [7, 11) is 0. The number of ether oxygens (including phenoxy) is 1. The molecule has 3 N–H and O–H groups in total. The fraction of sp³-hybridized carbons (Fsp3) is 0.520. The van der Waals surface area contributed by atoms with Crippen molar-refractivity contribution in [2.45, 2.75) is 83.2 Å². The van der Waals surface area contributed by atoms with Crippen LogP contribution in [0, 0.1) is 0 Å². The number of amides is 1. The van der Waals surface area contributed by atoms with E-state index in [0.29, 0.717) is 10.9 Å². The number of fused-ring (bicyclic) bond motifs is 3. The van der Waals surface area contributed by atoms with Crippen LogP contribution < -0.4 is 10.6 Å². The lowest BCUT2D eigenvalue weighted by Gasteiger charge is -2.48. The Labute approximate surface area is 208 Å². The van der Waals surface area contributed by atoms with Gasteiger partial charge in [0.05, 0.1) is 17.0 Å².